The van der Waals surface area contributed by atoms with Crippen molar-refractivity contribution in [3.63, 3.8) is 0 Å². The first-order valence-electron chi connectivity index (χ1n) is 14.5. The van der Waals surface area contributed by atoms with Crippen molar-refractivity contribution in [3.8, 4) is 33.9 Å². The van der Waals surface area contributed by atoms with Crippen LogP contribution in [0, 0.1) is 12.7 Å². The normalized spacial score (nSPS) is 11.7. The number of aryl methyl sites for hydroxylation is 1. The SMILES string of the molecule is COc1ccc(C(NS(=O)(=O)c2ccc(-c3c(-c4ccccc4)noc3C)cc2F)(c2ccccc2)c2ccc(OC)cc2)cc1. The molecule has 0 fully saturated rings. The van der Waals surface area contributed by atoms with E-state index in [1.54, 1.807) is 75.7 Å². The highest BCUT2D eigenvalue weighted by Gasteiger charge is 2.41. The standard InChI is InChI=1S/C37H31FN2O5S/c1-25-35(36(39-45-25)26-10-6-4-7-11-26)27-14-23-34(33(38)24-27)46(41,42)40-37(28-12-8-5-9-13-28,29-15-19-31(43-2)20-16-29)30-17-21-32(44-3)22-18-30/h4-24,40H,1-3H3. The largest absolute Gasteiger partial charge is 0.497 e. The maximum Gasteiger partial charge on any atom is 0.244 e. The van der Waals surface area contributed by atoms with Crippen molar-refractivity contribution in [1.29, 1.82) is 0 Å². The van der Waals surface area contributed by atoms with Gasteiger partial charge in [-0.25, -0.2) is 12.8 Å². The van der Waals surface area contributed by atoms with Gasteiger partial charge in [0.25, 0.3) is 0 Å². The van der Waals surface area contributed by atoms with E-state index in [0.29, 0.717) is 50.8 Å². The van der Waals surface area contributed by atoms with Crippen molar-refractivity contribution < 1.29 is 26.8 Å². The maximum atomic E-state index is 16.1. The molecule has 0 aliphatic carbocycles. The highest BCUT2D eigenvalue weighted by Crippen LogP contribution is 2.41. The number of rotatable bonds is 10. The van der Waals surface area contributed by atoms with Crippen LogP contribution < -0.4 is 14.2 Å². The second-order valence-corrected chi connectivity index (χ2v) is 12.3. The first-order chi connectivity index (χ1) is 22.3. The van der Waals surface area contributed by atoms with Crippen molar-refractivity contribution in [1.82, 2.24) is 9.88 Å². The van der Waals surface area contributed by atoms with Gasteiger partial charge in [0.05, 0.1) is 19.8 Å². The summed E-state index contributed by atoms with van der Waals surface area (Å²) in [4.78, 5) is -0.506. The van der Waals surface area contributed by atoms with Crippen LogP contribution in [-0.2, 0) is 15.6 Å². The summed E-state index contributed by atoms with van der Waals surface area (Å²) in [5.74, 6) is 0.762. The van der Waals surface area contributed by atoms with E-state index in [9.17, 15) is 8.42 Å². The quantitative estimate of drug-likeness (QED) is 0.155. The lowest BCUT2D eigenvalue weighted by Crippen LogP contribution is -2.47. The summed E-state index contributed by atoms with van der Waals surface area (Å²) in [6.07, 6.45) is 0. The van der Waals surface area contributed by atoms with Crippen LogP contribution >= 0.6 is 0 Å². The molecule has 232 valence electrons. The molecule has 0 spiro atoms. The van der Waals surface area contributed by atoms with E-state index in [4.69, 9.17) is 14.0 Å². The minimum atomic E-state index is -4.51. The molecule has 0 saturated heterocycles. The summed E-state index contributed by atoms with van der Waals surface area (Å²) in [6.45, 7) is 1.73. The second kappa shape index (κ2) is 12.6. The number of halogens is 1. The topological polar surface area (TPSA) is 90.7 Å². The van der Waals surface area contributed by atoms with Crippen LogP contribution in [0.2, 0.25) is 0 Å². The second-order valence-electron chi connectivity index (χ2n) is 10.7. The Hall–Kier alpha value is -5.25. The van der Waals surface area contributed by atoms with Crippen molar-refractivity contribution >= 4 is 10.0 Å². The molecule has 0 amide bonds. The summed E-state index contributed by atoms with van der Waals surface area (Å²) >= 11 is 0. The predicted molar refractivity (Wildman–Crippen MR) is 175 cm³/mol. The molecule has 0 bridgehead atoms. The molecule has 0 saturated carbocycles. The van der Waals surface area contributed by atoms with E-state index in [2.05, 4.69) is 9.88 Å². The highest BCUT2D eigenvalue weighted by atomic mass is 32.2. The van der Waals surface area contributed by atoms with Gasteiger partial charge in [-0.3, -0.25) is 0 Å². The van der Waals surface area contributed by atoms with Gasteiger partial charge in [-0.15, -0.1) is 0 Å². The zero-order valence-electron chi connectivity index (χ0n) is 25.4. The van der Waals surface area contributed by atoms with E-state index in [-0.39, 0.29) is 0 Å². The molecule has 46 heavy (non-hydrogen) atoms. The fourth-order valence-electron chi connectivity index (χ4n) is 5.68. The molecule has 0 aliphatic rings. The van der Waals surface area contributed by atoms with Crippen LogP contribution in [0.25, 0.3) is 22.4 Å². The summed E-state index contributed by atoms with van der Waals surface area (Å²) < 4.78 is 63.9. The van der Waals surface area contributed by atoms with Crippen LogP contribution in [0.5, 0.6) is 11.5 Å². The lowest BCUT2D eigenvalue weighted by molar-refractivity contribution is 0.400. The van der Waals surface area contributed by atoms with Gasteiger partial charge in [0.2, 0.25) is 10.0 Å². The Morgan fingerprint density at radius 3 is 1.74 bits per heavy atom. The van der Waals surface area contributed by atoms with Crippen LogP contribution in [0.1, 0.15) is 22.5 Å². The van der Waals surface area contributed by atoms with E-state index in [1.165, 1.54) is 12.1 Å². The average Bonchev–Trinajstić information content (AvgIpc) is 3.49. The number of hydrogen-bond donors (Lipinski definition) is 1. The van der Waals surface area contributed by atoms with Crippen molar-refractivity contribution in [2.45, 2.75) is 17.4 Å². The molecule has 1 N–H and O–H groups in total. The molecule has 1 aromatic heterocycles. The Morgan fingerprint density at radius 1 is 0.696 bits per heavy atom. The number of aromatic nitrogens is 1. The zero-order valence-corrected chi connectivity index (χ0v) is 26.2. The van der Waals surface area contributed by atoms with Gasteiger partial charge in [-0.1, -0.05) is 96.2 Å². The Morgan fingerprint density at radius 2 is 1.22 bits per heavy atom. The molecule has 0 radical (unpaired) electrons. The molecule has 0 unspecified atom stereocenters. The van der Waals surface area contributed by atoms with Crippen molar-refractivity contribution in [2.75, 3.05) is 14.2 Å². The third kappa shape index (κ3) is 5.66. The van der Waals surface area contributed by atoms with Gasteiger partial charge in [-0.2, -0.15) is 4.72 Å². The monoisotopic (exact) mass is 634 g/mol. The molecular formula is C37H31FN2O5S. The lowest BCUT2D eigenvalue weighted by atomic mass is 9.78. The number of sulfonamides is 1. The zero-order chi connectivity index (χ0) is 32.3. The van der Waals surface area contributed by atoms with Gasteiger partial charge < -0.3 is 14.0 Å². The summed E-state index contributed by atoms with van der Waals surface area (Å²) in [7, 11) is -1.39. The van der Waals surface area contributed by atoms with Crippen molar-refractivity contribution in [3.05, 3.63) is 156 Å². The number of nitrogens with zero attached hydrogens (tertiary/aromatic N) is 1. The molecule has 5 aromatic carbocycles. The molecule has 9 heteroatoms. The van der Waals surface area contributed by atoms with Gasteiger partial charge >= 0.3 is 0 Å². The summed E-state index contributed by atoms with van der Waals surface area (Å²) in [5, 5.41) is 4.19. The fourth-order valence-corrected chi connectivity index (χ4v) is 7.11. The number of ether oxygens (including phenoxy) is 2. The van der Waals surface area contributed by atoms with Gasteiger partial charge in [0.1, 0.15) is 39.2 Å². The van der Waals surface area contributed by atoms with Gasteiger partial charge in [0, 0.05) is 5.56 Å². The van der Waals surface area contributed by atoms with Crippen LogP contribution in [0.4, 0.5) is 4.39 Å². The Balaban J connectivity index is 1.50. The smallest absolute Gasteiger partial charge is 0.244 e. The molecule has 1 heterocycles. The molecule has 6 aromatic rings. The Labute approximate surface area is 267 Å². The maximum absolute atomic E-state index is 16.1. The van der Waals surface area contributed by atoms with Crippen LogP contribution in [0.15, 0.2) is 137 Å². The number of hydrogen-bond acceptors (Lipinski definition) is 6. The molecular weight excluding hydrogens is 603 g/mol. The van der Waals surface area contributed by atoms with Crippen LogP contribution in [0.3, 0.4) is 0 Å². The first kappa shape index (κ1) is 30.8. The lowest BCUT2D eigenvalue weighted by Gasteiger charge is -2.36. The van der Waals surface area contributed by atoms with E-state index >= 15 is 4.39 Å². The van der Waals surface area contributed by atoms with Crippen molar-refractivity contribution in [2.24, 2.45) is 0 Å². The summed E-state index contributed by atoms with van der Waals surface area (Å²) in [5.41, 5.74) is 2.70. The number of nitrogens with one attached hydrogen (secondary N) is 1. The molecule has 0 atom stereocenters. The number of benzene rings is 5. The van der Waals surface area contributed by atoms with E-state index < -0.39 is 26.3 Å². The highest BCUT2D eigenvalue weighted by molar-refractivity contribution is 7.89. The number of methoxy groups -OCH3 is 2. The third-order valence-corrected chi connectivity index (χ3v) is 9.45. The Kier molecular flexibility index (Phi) is 8.44. The van der Waals surface area contributed by atoms with E-state index in [1.807, 2.05) is 60.7 Å². The fraction of sp³-hybridized carbons (Fsp3) is 0.108. The predicted octanol–water partition coefficient (Wildman–Crippen LogP) is 7.74. The van der Waals surface area contributed by atoms with Gasteiger partial charge in [-0.05, 0) is 65.6 Å². The Bertz CT molecular complexity index is 2020. The molecule has 6 rings (SSSR count). The van der Waals surface area contributed by atoms with Crippen LogP contribution in [-0.4, -0.2) is 27.8 Å². The first-order valence-corrected chi connectivity index (χ1v) is 16.0. The van der Waals surface area contributed by atoms with Gasteiger partial charge in [0.15, 0.2) is 0 Å². The minimum absolute atomic E-state index is 0.439. The van der Waals surface area contributed by atoms with E-state index in [0.717, 1.165) is 5.56 Å². The summed E-state index contributed by atoms with van der Waals surface area (Å²) in [6, 6.07) is 36.8. The molecule has 7 nitrogen and oxygen atoms in total. The molecule has 0 aliphatic heterocycles. The third-order valence-electron chi connectivity index (χ3n) is 7.96. The minimum Gasteiger partial charge on any atom is -0.497 e. The average molecular weight is 635 g/mol.